The van der Waals surface area contributed by atoms with Crippen molar-refractivity contribution in [3.05, 3.63) is 0 Å². The SMILES string of the molecule is CCCC1CC(NC(=O)OCC)CN(C2CCC2)C1. The van der Waals surface area contributed by atoms with Crippen molar-refractivity contribution >= 4 is 6.09 Å². The summed E-state index contributed by atoms with van der Waals surface area (Å²) in [5.41, 5.74) is 0. The third kappa shape index (κ3) is 4.10. The van der Waals surface area contributed by atoms with Gasteiger partial charge in [-0.1, -0.05) is 19.8 Å². The molecule has 4 heteroatoms. The molecule has 4 nitrogen and oxygen atoms in total. The van der Waals surface area contributed by atoms with Crippen molar-refractivity contribution in [3.8, 4) is 0 Å². The Morgan fingerprint density at radius 1 is 1.32 bits per heavy atom. The van der Waals surface area contributed by atoms with Crippen LogP contribution in [0.25, 0.3) is 0 Å². The van der Waals surface area contributed by atoms with Gasteiger partial charge in [0.05, 0.1) is 6.61 Å². The number of hydrogen-bond acceptors (Lipinski definition) is 3. The standard InChI is InChI=1S/C15H28N2O2/c1-3-6-12-9-13(16-15(18)19-4-2)11-17(10-12)14-7-5-8-14/h12-14H,3-11H2,1-2H3,(H,16,18). The van der Waals surface area contributed by atoms with E-state index in [1.54, 1.807) is 0 Å². The van der Waals surface area contributed by atoms with E-state index in [1.165, 1.54) is 38.6 Å². The van der Waals surface area contributed by atoms with Crippen LogP contribution < -0.4 is 5.32 Å². The van der Waals surface area contributed by atoms with Crippen molar-refractivity contribution in [3.63, 3.8) is 0 Å². The van der Waals surface area contributed by atoms with Gasteiger partial charge < -0.3 is 10.1 Å². The molecule has 0 aromatic heterocycles. The van der Waals surface area contributed by atoms with Gasteiger partial charge in [-0.15, -0.1) is 0 Å². The van der Waals surface area contributed by atoms with E-state index >= 15 is 0 Å². The van der Waals surface area contributed by atoms with Crippen molar-refractivity contribution in [2.24, 2.45) is 5.92 Å². The number of carbonyl (C=O) groups is 1. The lowest BCUT2D eigenvalue weighted by Crippen LogP contribution is -2.55. The van der Waals surface area contributed by atoms with E-state index in [2.05, 4.69) is 17.1 Å². The normalized spacial score (nSPS) is 28.7. The van der Waals surface area contributed by atoms with Crippen LogP contribution in [0.2, 0.25) is 0 Å². The van der Waals surface area contributed by atoms with Gasteiger partial charge in [0, 0.05) is 25.2 Å². The molecule has 110 valence electrons. The number of amides is 1. The average molecular weight is 268 g/mol. The fourth-order valence-corrected chi connectivity index (χ4v) is 3.35. The zero-order chi connectivity index (χ0) is 13.7. The van der Waals surface area contributed by atoms with Crippen molar-refractivity contribution in [2.45, 2.75) is 64.5 Å². The molecule has 1 amide bonds. The minimum atomic E-state index is -0.252. The van der Waals surface area contributed by atoms with Crippen molar-refractivity contribution < 1.29 is 9.53 Å². The van der Waals surface area contributed by atoms with Gasteiger partial charge >= 0.3 is 6.09 Å². The molecule has 0 aromatic carbocycles. The zero-order valence-electron chi connectivity index (χ0n) is 12.4. The average Bonchev–Trinajstić information content (AvgIpc) is 2.26. The van der Waals surface area contributed by atoms with Crippen LogP contribution in [0, 0.1) is 5.92 Å². The Bertz CT molecular complexity index is 292. The minimum Gasteiger partial charge on any atom is -0.450 e. The number of likely N-dealkylation sites (tertiary alicyclic amines) is 1. The lowest BCUT2D eigenvalue weighted by atomic mass is 9.85. The van der Waals surface area contributed by atoms with Crippen LogP contribution in [-0.4, -0.2) is 42.8 Å². The van der Waals surface area contributed by atoms with Gasteiger partial charge in [0.25, 0.3) is 0 Å². The number of piperidine rings is 1. The second-order valence-corrected chi connectivity index (χ2v) is 5.99. The second kappa shape index (κ2) is 7.13. The fourth-order valence-electron chi connectivity index (χ4n) is 3.35. The molecule has 2 unspecified atom stereocenters. The molecular formula is C15H28N2O2. The summed E-state index contributed by atoms with van der Waals surface area (Å²) in [5, 5.41) is 3.04. The van der Waals surface area contributed by atoms with Crippen LogP contribution >= 0.6 is 0 Å². The molecular weight excluding hydrogens is 240 g/mol. The Kier molecular flexibility index (Phi) is 5.49. The Morgan fingerprint density at radius 2 is 2.11 bits per heavy atom. The van der Waals surface area contributed by atoms with E-state index in [9.17, 15) is 4.79 Å². The van der Waals surface area contributed by atoms with E-state index < -0.39 is 0 Å². The number of nitrogens with one attached hydrogen (secondary N) is 1. The van der Waals surface area contributed by atoms with Crippen molar-refractivity contribution in [2.75, 3.05) is 19.7 Å². The smallest absolute Gasteiger partial charge is 0.407 e. The van der Waals surface area contributed by atoms with E-state index in [0.29, 0.717) is 6.61 Å². The summed E-state index contributed by atoms with van der Waals surface area (Å²) in [4.78, 5) is 14.2. The summed E-state index contributed by atoms with van der Waals surface area (Å²) in [6, 6.07) is 1.04. The Morgan fingerprint density at radius 3 is 2.68 bits per heavy atom. The van der Waals surface area contributed by atoms with Gasteiger partial charge in [-0.25, -0.2) is 4.79 Å². The molecule has 0 radical (unpaired) electrons. The highest BCUT2D eigenvalue weighted by Gasteiger charge is 2.33. The van der Waals surface area contributed by atoms with Crippen LogP contribution in [0.3, 0.4) is 0 Å². The van der Waals surface area contributed by atoms with Gasteiger partial charge in [0.15, 0.2) is 0 Å². The summed E-state index contributed by atoms with van der Waals surface area (Å²) >= 11 is 0. The largest absolute Gasteiger partial charge is 0.450 e. The summed E-state index contributed by atoms with van der Waals surface area (Å²) in [6.07, 6.45) is 7.40. The molecule has 1 saturated carbocycles. The van der Waals surface area contributed by atoms with E-state index in [-0.39, 0.29) is 12.1 Å². The summed E-state index contributed by atoms with van der Waals surface area (Å²) in [5.74, 6) is 0.728. The van der Waals surface area contributed by atoms with Gasteiger partial charge in [-0.3, -0.25) is 4.90 Å². The Balaban J connectivity index is 1.87. The molecule has 0 aromatic rings. The van der Waals surface area contributed by atoms with Crippen LogP contribution in [0.1, 0.15) is 52.4 Å². The molecule has 1 aliphatic heterocycles. The molecule has 1 heterocycles. The lowest BCUT2D eigenvalue weighted by Gasteiger charge is -2.45. The summed E-state index contributed by atoms with van der Waals surface area (Å²) in [7, 11) is 0. The first kappa shape index (κ1) is 14.6. The van der Waals surface area contributed by atoms with E-state index in [0.717, 1.165) is 24.9 Å². The highest BCUT2D eigenvalue weighted by atomic mass is 16.5. The molecule has 2 rings (SSSR count). The highest BCUT2D eigenvalue weighted by molar-refractivity contribution is 5.67. The van der Waals surface area contributed by atoms with Crippen molar-refractivity contribution in [1.29, 1.82) is 0 Å². The zero-order valence-corrected chi connectivity index (χ0v) is 12.4. The molecule has 1 aliphatic carbocycles. The third-order valence-electron chi connectivity index (χ3n) is 4.45. The predicted octanol–water partition coefficient (Wildman–Crippen LogP) is 2.78. The summed E-state index contributed by atoms with van der Waals surface area (Å²) in [6.45, 7) is 6.77. The van der Waals surface area contributed by atoms with E-state index in [4.69, 9.17) is 4.74 Å². The number of hydrogen-bond donors (Lipinski definition) is 1. The van der Waals surface area contributed by atoms with Gasteiger partial charge in [0.1, 0.15) is 0 Å². The van der Waals surface area contributed by atoms with Crippen LogP contribution in [0.4, 0.5) is 4.79 Å². The monoisotopic (exact) mass is 268 g/mol. The number of ether oxygens (including phenoxy) is 1. The molecule has 2 atom stereocenters. The topological polar surface area (TPSA) is 41.6 Å². The number of alkyl carbamates (subject to hydrolysis) is 1. The van der Waals surface area contributed by atoms with Gasteiger partial charge in [0.2, 0.25) is 0 Å². The van der Waals surface area contributed by atoms with Crippen LogP contribution in [0.5, 0.6) is 0 Å². The molecule has 1 saturated heterocycles. The molecule has 19 heavy (non-hydrogen) atoms. The van der Waals surface area contributed by atoms with Crippen LogP contribution in [-0.2, 0) is 4.74 Å². The minimum absolute atomic E-state index is 0.252. The fraction of sp³-hybridized carbons (Fsp3) is 0.933. The first-order valence-corrected chi connectivity index (χ1v) is 7.90. The molecule has 2 fully saturated rings. The number of rotatable bonds is 5. The Labute approximate surface area is 116 Å². The molecule has 0 bridgehead atoms. The molecule has 2 aliphatic rings. The van der Waals surface area contributed by atoms with Crippen LogP contribution in [0.15, 0.2) is 0 Å². The van der Waals surface area contributed by atoms with E-state index in [1.807, 2.05) is 6.92 Å². The van der Waals surface area contributed by atoms with Gasteiger partial charge in [-0.05, 0) is 38.5 Å². The maximum atomic E-state index is 11.6. The third-order valence-corrected chi connectivity index (χ3v) is 4.45. The first-order valence-electron chi connectivity index (χ1n) is 7.90. The highest BCUT2D eigenvalue weighted by Crippen LogP contribution is 2.30. The lowest BCUT2D eigenvalue weighted by molar-refractivity contribution is 0.0537. The maximum absolute atomic E-state index is 11.6. The summed E-state index contributed by atoms with van der Waals surface area (Å²) < 4.78 is 5.01. The van der Waals surface area contributed by atoms with Crippen molar-refractivity contribution in [1.82, 2.24) is 10.2 Å². The molecule has 1 N–H and O–H groups in total. The quantitative estimate of drug-likeness (QED) is 0.833. The number of carbonyl (C=O) groups excluding carboxylic acids is 1. The second-order valence-electron chi connectivity index (χ2n) is 5.99. The first-order chi connectivity index (χ1) is 9.22. The maximum Gasteiger partial charge on any atom is 0.407 e. The van der Waals surface area contributed by atoms with Gasteiger partial charge in [-0.2, -0.15) is 0 Å². The predicted molar refractivity (Wildman–Crippen MR) is 76.2 cm³/mol. The molecule has 0 spiro atoms. The number of nitrogens with zero attached hydrogens (tertiary/aromatic N) is 1. The Hall–Kier alpha value is -0.770.